The highest BCUT2D eigenvalue weighted by Crippen LogP contribution is 2.17. The van der Waals surface area contributed by atoms with Crippen molar-refractivity contribution in [2.75, 3.05) is 12.3 Å². The number of hydrogen-bond donors (Lipinski definition) is 2. The molecule has 0 saturated carbocycles. The molecule has 2 aromatic rings. The first-order chi connectivity index (χ1) is 8.65. The molecule has 2 heterocycles. The lowest BCUT2D eigenvalue weighted by atomic mass is 10.2. The minimum absolute atomic E-state index is 0.289. The number of nitrogen functional groups attached to an aromatic ring is 1. The Balaban J connectivity index is 1.80. The van der Waals surface area contributed by atoms with Crippen LogP contribution >= 0.6 is 11.3 Å². The lowest BCUT2D eigenvalue weighted by Gasteiger charge is -2.10. The van der Waals surface area contributed by atoms with Crippen LogP contribution in [0, 0.1) is 6.92 Å². The summed E-state index contributed by atoms with van der Waals surface area (Å²) in [5.41, 5.74) is 8.45. The minimum atomic E-state index is 0.289. The van der Waals surface area contributed by atoms with E-state index in [4.69, 9.17) is 5.73 Å². The van der Waals surface area contributed by atoms with Crippen LogP contribution in [0.2, 0.25) is 0 Å². The maximum Gasteiger partial charge on any atom is 0.110 e. The Kier molecular flexibility index (Phi) is 4.28. The average molecular weight is 262 g/mol. The van der Waals surface area contributed by atoms with Gasteiger partial charge in [-0.1, -0.05) is 0 Å². The van der Waals surface area contributed by atoms with Gasteiger partial charge in [-0.05, 0) is 26.0 Å². The first kappa shape index (κ1) is 13.0. The van der Waals surface area contributed by atoms with Gasteiger partial charge in [-0.3, -0.25) is 4.98 Å². The van der Waals surface area contributed by atoms with Crippen molar-refractivity contribution < 1.29 is 0 Å². The molecule has 1 unspecified atom stereocenters. The third kappa shape index (κ3) is 3.51. The van der Waals surface area contributed by atoms with Crippen molar-refractivity contribution in [1.29, 1.82) is 0 Å². The molecule has 0 aliphatic rings. The minimum Gasteiger partial charge on any atom is -0.397 e. The zero-order valence-electron chi connectivity index (χ0n) is 10.7. The largest absolute Gasteiger partial charge is 0.397 e. The molecule has 0 amide bonds. The Morgan fingerprint density at radius 1 is 1.44 bits per heavy atom. The summed E-state index contributed by atoms with van der Waals surface area (Å²) in [6, 6.07) is 4.14. The maximum absolute atomic E-state index is 5.60. The lowest BCUT2D eigenvalue weighted by Crippen LogP contribution is -2.21. The molecule has 0 radical (unpaired) electrons. The zero-order chi connectivity index (χ0) is 13.0. The number of hydrogen-bond acceptors (Lipinski definition) is 5. The van der Waals surface area contributed by atoms with Crippen molar-refractivity contribution in [2.45, 2.75) is 26.3 Å². The second kappa shape index (κ2) is 5.93. The molecular formula is C13H18N4S. The highest BCUT2D eigenvalue weighted by molar-refractivity contribution is 7.09. The van der Waals surface area contributed by atoms with Gasteiger partial charge in [0.15, 0.2) is 0 Å². The molecule has 0 saturated heterocycles. The fourth-order valence-corrected chi connectivity index (χ4v) is 2.49. The Labute approximate surface area is 111 Å². The molecule has 0 aliphatic carbocycles. The molecule has 0 bridgehead atoms. The third-order valence-electron chi connectivity index (χ3n) is 2.69. The first-order valence-corrected chi connectivity index (χ1v) is 6.89. The summed E-state index contributed by atoms with van der Waals surface area (Å²) >= 11 is 1.70. The van der Waals surface area contributed by atoms with E-state index < -0.39 is 0 Å². The standard InChI is InChI=1S/C13H18N4S/c1-9-8-18-13(17-9)10(2)15-6-5-12-4-3-11(14)7-16-12/h3-4,7-8,10,15H,5-6,14H2,1-2H3. The lowest BCUT2D eigenvalue weighted by molar-refractivity contribution is 0.570. The molecule has 0 aliphatic heterocycles. The van der Waals surface area contributed by atoms with Crippen LogP contribution < -0.4 is 11.1 Å². The van der Waals surface area contributed by atoms with Crippen molar-refractivity contribution >= 4 is 17.0 Å². The summed E-state index contributed by atoms with van der Waals surface area (Å²) < 4.78 is 0. The molecule has 3 N–H and O–H groups in total. The molecule has 18 heavy (non-hydrogen) atoms. The van der Waals surface area contributed by atoms with Gasteiger partial charge in [0.05, 0.1) is 17.9 Å². The topological polar surface area (TPSA) is 63.8 Å². The van der Waals surface area contributed by atoms with Gasteiger partial charge < -0.3 is 11.1 Å². The number of pyridine rings is 1. The maximum atomic E-state index is 5.60. The van der Waals surface area contributed by atoms with Crippen molar-refractivity contribution in [3.8, 4) is 0 Å². The average Bonchev–Trinajstić information content (AvgIpc) is 2.78. The van der Waals surface area contributed by atoms with E-state index in [0.717, 1.165) is 29.4 Å². The first-order valence-electron chi connectivity index (χ1n) is 6.01. The van der Waals surface area contributed by atoms with E-state index >= 15 is 0 Å². The van der Waals surface area contributed by atoms with E-state index in [-0.39, 0.29) is 6.04 Å². The van der Waals surface area contributed by atoms with E-state index in [2.05, 4.69) is 27.6 Å². The highest BCUT2D eigenvalue weighted by atomic mass is 32.1. The predicted octanol–water partition coefficient (Wildman–Crippen LogP) is 2.32. The van der Waals surface area contributed by atoms with Gasteiger partial charge in [-0.2, -0.15) is 0 Å². The molecule has 0 aromatic carbocycles. The normalized spacial score (nSPS) is 12.6. The molecule has 0 spiro atoms. The molecule has 1 atom stereocenters. The smallest absolute Gasteiger partial charge is 0.110 e. The number of nitrogens with two attached hydrogens (primary N) is 1. The van der Waals surface area contributed by atoms with Crippen LogP contribution in [0.15, 0.2) is 23.7 Å². The van der Waals surface area contributed by atoms with Gasteiger partial charge in [0, 0.05) is 29.7 Å². The summed E-state index contributed by atoms with van der Waals surface area (Å²) in [5, 5.41) is 6.67. The Morgan fingerprint density at radius 3 is 2.89 bits per heavy atom. The van der Waals surface area contributed by atoms with Gasteiger partial charge in [0.25, 0.3) is 0 Å². The number of rotatable bonds is 5. The van der Waals surface area contributed by atoms with Gasteiger partial charge in [0.2, 0.25) is 0 Å². The third-order valence-corrected chi connectivity index (χ3v) is 3.83. The van der Waals surface area contributed by atoms with Crippen LogP contribution in [-0.2, 0) is 6.42 Å². The van der Waals surface area contributed by atoms with Gasteiger partial charge >= 0.3 is 0 Å². The zero-order valence-corrected chi connectivity index (χ0v) is 11.5. The Bertz CT molecular complexity index is 492. The van der Waals surface area contributed by atoms with Crippen molar-refractivity contribution in [3.05, 3.63) is 40.1 Å². The van der Waals surface area contributed by atoms with E-state index in [0.29, 0.717) is 5.69 Å². The molecule has 4 nitrogen and oxygen atoms in total. The van der Waals surface area contributed by atoms with Crippen molar-refractivity contribution in [1.82, 2.24) is 15.3 Å². The molecular weight excluding hydrogens is 244 g/mol. The fraction of sp³-hybridized carbons (Fsp3) is 0.385. The van der Waals surface area contributed by atoms with E-state index in [9.17, 15) is 0 Å². The Hall–Kier alpha value is -1.46. The monoisotopic (exact) mass is 262 g/mol. The number of anilines is 1. The molecule has 96 valence electrons. The number of nitrogens with zero attached hydrogens (tertiary/aromatic N) is 2. The summed E-state index contributed by atoms with van der Waals surface area (Å²) in [4.78, 5) is 8.75. The van der Waals surface area contributed by atoms with Gasteiger partial charge in [0.1, 0.15) is 5.01 Å². The fourth-order valence-electron chi connectivity index (χ4n) is 1.66. The quantitative estimate of drug-likeness (QED) is 0.868. The molecule has 5 heteroatoms. The van der Waals surface area contributed by atoms with Gasteiger partial charge in [-0.15, -0.1) is 11.3 Å². The predicted molar refractivity (Wildman–Crippen MR) is 75.6 cm³/mol. The summed E-state index contributed by atoms with van der Waals surface area (Å²) in [5.74, 6) is 0. The Morgan fingerprint density at radius 2 is 2.28 bits per heavy atom. The number of thiazole rings is 1. The second-order valence-electron chi connectivity index (χ2n) is 4.34. The summed E-state index contributed by atoms with van der Waals surface area (Å²) in [6.07, 6.45) is 2.60. The van der Waals surface area contributed by atoms with E-state index in [1.807, 2.05) is 19.1 Å². The summed E-state index contributed by atoms with van der Waals surface area (Å²) in [7, 11) is 0. The van der Waals surface area contributed by atoms with Crippen molar-refractivity contribution in [2.24, 2.45) is 0 Å². The van der Waals surface area contributed by atoms with Crippen LogP contribution in [0.1, 0.15) is 29.4 Å². The second-order valence-corrected chi connectivity index (χ2v) is 5.23. The van der Waals surface area contributed by atoms with E-state index in [1.54, 1.807) is 17.5 Å². The highest BCUT2D eigenvalue weighted by Gasteiger charge is 2.08. The molecule has 0 fully saturated rings. The van der Waals surface area contributed by atoms with Crippen molar-refractivity contribution in [3.63, 3.8) is 0 Å². The SMILES string of the molecule is Cc1csc(C(C)NCCc2ccc(N)cn2)n1. The number of nitrogens with one attached hydrogen (secondary N) is 1. The van der Waals surface area contributed by atoms with Crippen LogP contribution in [0.25, 0.3) is 0 Å². The van der Waals surface area contributed by atoms with E-state index in [1.165, 1.54) is 0 Å². The summed E-state index contributed by atoms with van der Waals surface area (Å²) in [6.45, 7) is 5.04. The van der Waals surface area contributed by atoms with Crippen LogP contribution in [-0.4, -0.2) is 16.5 Å². The number of aryl methyl sites for hydroxylation is 1. The van der Waals surface area contributed by atoms with Gasteiger partial charge in [-0.25, -0.2) is 4.98 Å². The number of aromatic nitrogens is 2. The van der Waals surface area contributed by atoms with Crippen LogP contribution in [0.3, 0.4) is 0 Å². The van der Waals surface area contributed by atoms with Crippen LogP contribution in [0.5, 0.6) is 0 Å². The molecule has 2 rings (SSSR count). The molecule has 2 aromatic heterocycles. The van der Waals surface area contributed by atoms with Crippen LogP contribution in [0.4, 0.5) is 5.69 Å².